The van der Waals surface area contributed by atoms with Crippen molar-refractivity contribution in [3.63, 3.8) is 0 Å². The SMILES string of the molecule is O=C1c2ccccc2C2(c3ccc(O)cc3Oc3cc(O)ccc32)N1/N=C/c1coc2ccccc2c1=O. The van der Waals surface area contributed by atoms with E-state index >= 15 is 0 Å². The number of ether oxygens (including phenoxy) is 1. The van der Waals surface area contributed by atoms with Crippen LogP contribution < -0.4 is 10.2 Å². The van der Waals surface area contributed by atoms with Crippen molar-refractivity contribution in [2.45, 2.75) is 5.54 Å². The second-order valence-corrected chi connectivity index (χ2v) is 9.10. The molecule has 8 heteroatoms. The number of nitrogens with zero attached hydrogens (tertiary/aromatic N) is 2. The molecule has 1 aromatic heterocycles. The summed E-state index contributed by atoms with van der Waals surface area (Å²) in [6.45, 7) is 0. The first-order valence-corrected chi connectivity index (χ1v) is 11.8. The second kappa shape index (κ2) is 7.81. The van der Waals surface area contributed by atoms with Gasteiger partial charge in [-0.15, -0.1) is 0 Å². The van der Waals surface area contributed by atoms with Crippen LogP contribution in [0.2, 0.25) is 0 Å². The molecular weight excluding hydrogens is 484 g/mol. The van der Waals surface area contributed by atoms with Gasteiger partial charge >= 0.3 is 0 Å². The molecule has 5 aromatic rings. The standard InChI is InChI=1S/C30H18N2O6/c33-18-9-11-23-26(13-18)38-27-14-19(34)10-12-24(27)30(23)22-7-3-1-5-20(22)29(36)32(30)31-15-17-16-37-25-8-4-2-6-21(25)28(17)35/h1-16,33-34H/b31-15+. The first-order valence-electron chi connectivity index (χ1n) is 11.8. The third-order valence-electron chi connectivity index (χ3n) is 7.01. The maximum absolute atomic E-state index is 13.9. The van der Waals surface area contributed by atoms with E-state index in [1.807, 2.05) is 12.1 Å². The molecule has 2 aliphatic heterocycles. The Morgan fingerprint density at radius 2 is 1.45 bits per heavy atom. The summed E-state index contributed by atoms with van der Waals surface area (Å²) in [7, 11) is 0. The monoisotopic (exact) mass is 502 g/mol. The average Bonchev–Trinajstić information content (AvgIpc) is 3.16. The lowest BCUT2D eigenvalue weighted by molar-refractivity contribution is 0.0675. The van der Waals surface area contributed by atoms with Crippen molar-refractivity contribution < 1.29 is 24.2 Å². The summed E-state index contributed by atoms with van der Waals surface area (Å²) < 4.78 is 11.7. The van der Waals surface area contributed by atoms with Crippen LogP contribution in [0.15, 0.2) is 106 Å². The largest absolute Gasteiger partial charge is 0.508 e. The summed E-state index contributed by atoms with van der Waals surface area (Å²) in [6.07, 6.45) is 2.63. The maximum Gasteiger partial charge on any atom is 0.275 e. The van der Waals surface area contributed by atoms with Crippen LogP contribution >= 0.6 is 0 Å². The van der Waals surface area contributed by atoms with Gasteiger partial charge in [0.05, 0.1) is 17.2 Å². The summed E-state index contributed by atoms with van der Waals surface area (Å²) in [5.41, 5.74) is 1.24. The van der Waals surface area contributed by atoms with Crippen molar-refractivity contribution in [1.82, 2.24) is 5.01 Å². The lowest BCUT2D eigenvalue weighted by atomic mass is 9.75. The first-order chi connectivity index (χ1) is 18.5. The molecule has 0 saturated carbocycles. The van der Waals surface area contributed by atoms with E-state index in [2.05, 4.69) is 5.10 Å². The molecule has 0 aliphatic carbocycles. The number of carbonyl (C=O) groups excluding carboxylic acids is 1. The van der Waals surface area contributed by atoms with Gasteiger partial charge in [0.1, 0.15) is 40.4 Å². The molecule has 1 amide bonds. The van der Waals surface area contributed by atoms with Crippen molar-refractivity contribution in [3.05, 3.63) is 129 Å². The fourth-order valence-corrected chi connectivity index (χ4v) is 5.38. The lowest BCUT2D eigenvalue weighted by Gasteiger charge is -2.41. The quantitative estimate of drug-likeness (QED) is 0.325. The Labute approximate surface area is 215 Å². The summed E-state index contributed by atoms with van der Waals surface area (Å²) >= 11 is 0. The number of phenols is 2. The predicted molar refractivity (Wildman–Crippen MR) is 139 cm³/mol. The lowest BCUT2D eigenvalue weighted by Crippen LogP contribution is -2.44. The second-order valence-electron chi connectivity index (χ2n) is 9.10. The number of benzene rings is 4. The van der Waals surface area contributed by atoms with E-state index in [0.717, 1.165) is 0 Å². The molecule has 2 N–H and O–H groups in total. The van der Waals surface area contributed by atoms with Crippen LogP contribution in [-0.4, -0.2) is 27.3 Å². The van der Waals surface area contributed by atoms with Gasteiger partial charge in [-0.1, -0.05) is 30.3 Å². The fourth-order valence-electron chi connectivity index (χ4n) is 5.38. The molecule has 1 spiro atoms. The van der Waals surface area contributed by atoms with Crippen molar-refractivity contribution in [3.8, 4) is 23.0 Å². The molecule has 0 unspecified atom stereocenters. The van der Waals surface area contributed by atoms with E-state index in [1.54, 1.807) is 48.5 Å². The van der Waals surface area contributed by atoms with Crippen LogP contribution in [0.1, 0.15) is 32.6 Å². The number of phenolic OH excluding ortho intramolecular Hbond substituents is 2. The van der Waals surface area contributed by atoms with Crippen molar-refractivity contribution in [1.29, 1.82) is 0 Å². The highest BCUT2D eigenvalue weighted by Crippen LogP contribution is 2.58. The molecule has 0 bridgehead atoms. The van der Waals surface area contributed by atoms with Crippen LogP contribution in [0.5, 0.6) is 23.0 Å². The van der Waals surface area contributed by atoms with E-state index in [0.29, 0.717) is 44.7 Å². The van der Waals surface area contributed by atoms with E-state index in [-0.39, 0.29) is 28.4 Å². The zero-order valence-corrected chi connectivity index (χ0v) is 19.7. The van der Waals surface area contributed by atoms with E-state index in [4.69, 9.17) is 9.15 Å². The smallest absolute Gasteiger partial charge is 0.275 e. The Morgan fingerprint density at radius 3 is 2.18 bits per heavy atom. The van der Waals surface area contributed by atoms with Gasteiger partial charge in [0.25, 0.3) is 5.91 Å². The van der Waals surface area contributed by atoms with Gasteiger partial charge in [-0.2, -0.15) is 5.10 Å². The molecule has 8 nitrogen and oxygen atoms in total. The Morgan fingerprint density at radius 1 is 0.789 bits per heavy atom. The summed E-state index contributed by atoms with van der Waals surface area (Å²) in [5.74, 6) is 0.172. The molecule has 184 valence electrons. The topological polar surface area (TPSA) is 113 Å². The number of hydrogen-bond acceptors (Lipinski definition) is 7. The van der Waals surface area contributed by atoms with Gasteiger partial charge < -0.3 is 19.4 Å². The highest BCUT2D eigenvalue weighted by Gasteiger charge is 2.57. The number of carbonyl (C=O) groups is 1. The summed E-state index contributed by atoms with van der Waals surface area (Å²) in [5, 5.41) is 26.8. The van der Waals surface area contributed by atoms with Gasteiger partial charge in [-0.3, -0.25) is 9.59 Å². The molecule has 2 aliphatic rings. The number of para-hydroxylation sites is 1. The van der Waals surface area contributed by atoms with E-state index in [9.17, 15) is 19.8 Å². The Balaban J connectivity index is 1.51. The molecule has 4 aromatic carbocycles. The van der Waals surface area contributed by atoms with Crippen molar-refractivity contribution in [2.24, 2.45) is 5.10 Å². The van der Waals surface area contributed by atoms with Gasteiger partial charge in [-0.25, -0.2) is 5.01 Å². The number of hydrogen-bond donors (Lipinski definition) is 2. The Hall–Kier alpha value is -5.37. The minimum Gasteiger partial charge on any atom is -0.508 e. The Kier molecular flexibility index (Phi) is 4.50. The molecule has 7 rings (SSSR count). The zero-order valence-electron chi connectivity index (χ0n) is 19.7. The van der Waals surface area contributed by atoms with E-state index < -0.39 is 5.54 Å². The number of fused-ring (bicyclic) bond motifs is 7. The highest BCUT2D eigenvalue weighted by molar-refractivity contribution is 6.03. The fraction of sp³-hybridized carbons (Fsp3) is 0.0333. The Bertz CT molecular complexity index is 1840. The molecule has 38 heavy (non-hydrogen) atoms. The molecular formula is C30H18N2O6. The van der Waals surface area contributed by atoms with Crippen LogP contribution in [0.4, 0.5) is 0 Å². The molecule has 0 radical (unpaired) electrons. The van der Waals surface area contributed by atoms with E-state index in [1.165, 1.54) is 41.8 Å². The third-order valence-corrected chi connectivity index (χ3v) is 7.01. The van der Waals surface area contributed by atoms with Crippen molar-refractivity contribution in [2.75, 3.05) is 0 Å². The number of aromatic hydroxyl groups is 2. The van der Waals surface area contributed by atoms with Gasteiger partial charge in [-0.05, 0) is 42.5 Å². The maximum atomic E-state index is 13.9. The number of rotatable bonds is 2. The molecule has 3 heterocycles. The van der Waals surface area contributed by atoms with Gasteiger partial charge in [0.15, 0.2) is 0 Å². The van der Waals surface area contributed by atoms with Crippen LogP contribution in [-0.2, 0) is 5.54 Å². The predicted octanol–water partition coefficient (Wildman–Crippen LogP) is 5.09. The van der Waals surface area contributed by atoms with Crippen molar-refractivity contribution >= 4 is 23.1 Å². The highest BCUT2D eigenvalue weighted by atomic mass is 16.5. The molecule has 0 saturated heterocycles. The number of hydrazone groups is 1. The zero-order chi connectivity index (χ0) is 26.0. The van der Waals surface area contributed by atoms with Crippen LogP contribution in [0, 0.1) is 0 Å². The van der Waals surface area contributed by atoms with Crippen LogP contribution in [0.25, 0.3) is 11.0 Å². The normalized spacial score (nSPS) is 14.9. The summed E-state index contributed by atoms with van der Waals surface area (Å²) in [4.78, 5) is 27.1. The molecule has 0 fully saturated rings. The minimum absolute atomic E-state index is 0.0241. The average molecular weight is 502 g/mol. The number of amides is 1. The third kappa shape index (κ3) is 2.88. The summed E-state index contributed by atoms with van der Waals surface area (Å²) in [6, 6.07) is 23.3. The minimum atomic E-state index is -1.30. The first kappa shape index (κ1) is 21.9. The van der Waals surface area contributed by atoms with Gasteiger partial charge in [0, 0.05) is 34.4 Å². The van der Waals surface area contributed by atoms with Crippen LogP contribution in [0.3, 0.4) is 0 Å². The van der Waals surface area contributed by atoms with Gasteiger partial charge in [0.2, 0.25) is 5.43 Å². The molecule has 0 atom stereocenters.